The van der Waals surface area contributed by atoms with E-state index in [9.17, 15) is 10.1 Å². The van der Waals surface area contributed by atoms with Crippen LogP contribution in [0.1, 0.15) is 36.2 Å². The Morgan fingerprint density at radius 1 is 1.57 bits per heavy atom. The highest BCUT2D eigenvalue weighted by Crippen LogP contribution is 2.34. The smallest absolute Gasteiger partial charge is 0.291 e. The van der Waals surface area contributed by atoms with Gasteiger partial charge in [0.2, 0.25) is 0 Å². The van der Waals surface area contributed by atoms with Crippen molar-refractivity contribution in [2.75, 3.05) is 5.32 Å². The van der Waals surface area contributed by atoms with Crippen molar-refractivity contribution in [3.05, 3.63) is 48.7 Å². The zero-order valence-corrected chi connectivity index (χ0v) is 14.2. The summed E-state index contributed by atoms with van der Waals surface area (Å²) in [5.41, 5.74) is 0.606. The van der Waals surface area contributed by atoms with Crippen LogP contribution in [-0.4, -0.2) is 9.91 Å². The molecule has 0 amide bonds. The SMILES string of the molecule is CCCC(Nc1ncc([N+](=O)[O-])c(C)c1Br)c1cccs1. The second-order valence-electron chi connectivity index (χ2n) is 4.69. The number of anilines is 1. The molecule has 1 unspecified atom stereocenters. The van der Waals surface area contributed by atoms with E-state index in [-0.39, 0.29) is 11.7 Å². The van der Waals surface area contributed by atoms with E-state index >= 15 is 0 Å². The van der Waals surface area contributed by atoms with E-state index in [0.29, 0.717) is 15.9 Å². The van der Waals surface area contributed by atoms with Crippen LogP contribution in [0.2, 0.25) is 0 Å². The van der Waals surface area contributed by atoms with Crippen LogP contribution in [0.5, 0.6) is 0 Å². The Kier molecular flexibility index (Phi) is 5.30. The maximum atomic E-state index is 10.9. The molecule has 0 saturated carbocycles. The molecule has 1 N–H and O–H groups in total. The van der Waals surface area contributed by atoms with E-state index in [1.165, 1.54) is 11.1 Å². The monoisotopic (exact) mass is 369 g/mol. The highest BCUT2D eigenvalue weighted by atomic mass is 79.9. The molecule has 2 rings (SSSR count). The average Bonchev–Trinajstić information content (AvgIpc) is 2.97. The van der Waals surface area contributed by atoms with Gasteiger partial charge in [-0.15, -0.1) is 11.3 Å². The van der Waals surface area contributed by atoms with Crippen molar-refractivity contribution in [3.63, 3.8) is 0 Å². The van der Waals surface area contributed by atoms with Gasteiger partial charge in [-0.3, -0.25) is 10.1 Å². The van der Waals surface area contributed by atoms with Crippen LogP contribution in [0.25, 0.3) is 0 Å². The van der Waals surface area contributed by atoms with Gasteiger partial charge >= 0.3 is 0 Å². The Morgan fingerprint density at radius 2 is 2.33 bits per heavy atom. The summed E-state index contributed by atoms with van der Waals surface area (Å²) < 4.78 is 0.648. The van der Waals surface area contributed by atoms with Crippen molar-refractivity contribution in [3.8, 4) is 0 Å². The van der Waals surface area contributed by atoms with Crippen molar-refractivity contribution in [2.24, 2.45) is 0 Å². The first-order valence-corrected chi connectivity index (χ1v) is 8.31. The van der Waals surface area contributed by atoms with Crippen LogP contribution < -0.4 is 5.32 Å². The predicted molar refractivity (Wildman–Crippen MR) is 88.9 cm³/mol. The summed E-state index contributed by atoms with van der Waals surface area (Å²) in [6, 6.07) is 4.28. The summed E-state index contributed by atoms with van der Waals surface area (Å²) in [4.78, 5) is 15.9. The third-order valence-electron chi connectivity index (χ3n) is 3.21. The maximum Gasteiger partial charge on any atom is 0.291 e. The summed E-state index contributed by atoms with van der Waals surface area (Å²) in [5.74, 6) is 0.643. The second kappa shape index (κ2) is 7.00. The molecule has 2 aromatic heterocycles. The largest absolute Gasteiger partial charge is 0.362 e. The molecule has 5 nitrogen and oxygen atoms in total. The Bertz CT molecular complexity index is 631. The standard InChI is InChI=1S/C14H16BrN3O2S/c1-3-5-10(12-6-4-7-21-12)17-14-13(15)9(2)11(8-16-14)18(19)20/h4,6-8,10H,3,5H2,1-2H3,(H,16,17). The summed E-state index contributed by atoms with van der Waals surface area (Å²) >= 11 is 5.11. The molecule has 2 aromatic rings. The number of nitrogens with one attached hydrogen (secondary N) is 1. The first-order valence-electron chi connectivity index (χ1n) is 6.64. The number of hydrogen-bond donors (Lipinski definition) is 1. The van der Waals surface area contributed by atoms with Gasteiger partial charge in [-0.05, 0) is 40.7 Å². The van der Waals surface area contributed by atoms with Crippen molar-refractivity contribution in [1.82, 2.24) is 4.98 Å². The molecule has 0 aliphatic heterocycles. The molecule has 0 radical (unpaired) electrons. The molecule has 112 valence electrons. The van der Waals surface area contributed by atoms with Gasteiger partial charge in [-0.25, -0.2) is 4.98 Å². The molecule has 0 saturated heterocycles. The van der Waals surface area contributed by atoms with E-state index in [4.69, 9.17) is 0 Å². The van der Waals surface area contributed by atoms with Gasteiger partial charge in [0, 0.05) is 10.4 Å². The molecule has 7 heteroatoms. The van der Waals surface area contributed by atoms with Gasteiger partial charge < -0.3 is 5.32 Å². The summed E-state index contributed by atoms with van der Waals surface area (Å²) in [7, 11) is 0. The van der Waals surface area contributed by atoms with E-state index in [1.807, 2.05) is 11.4 Å². The molecular weight excluding hydrogens is 354 g/mol. The number of nitrogens with zero attached hydrogens (tertiary/aromatic N) is 2. The van der Waals surface area contributed by atoms with Crippen LogP contribution in [0.4, 0.5) is 11.5 Å². The minimum atomic E-state index is -0.417. The number of hydrogen-bond acceptors (Lipinski definition) is 5. The van der Waals surface area contributed by atoms with E-state index in [2.05, 4.69) is 39.2 Å². The normalized spacial score (nSPS) is 12.1. The first kappa shape index (κ1) is 15.9. The molecule has 0 fully saturated rings. The lowest BCUT2D eigenvalue weighted by Crippen LogP contribution is -2.11. The van der Waals surface area contributed by atoms with Gasteiger partial charge in [0.15, 0.2) is 0 Å². The molecular formula is C14H16BrN3O2S. The van der Waals surface area contributed by atoms with E-state index < -0.39 is 4.92 Å². The Morgan fingerprint density at radius 3 is 2.90 bits per heavy atom. The molecule has 21 heavy (non-hydrogen) atoms. The summed E-state index contributed by atoms with van der Waals surface area (Å²) in [5, 5.41) is 16.4. The molecule has 0 aliphatic rings. The molecule has 0 bridgehead atoms. The molecule has 1 atom stereocenters. The number of halogens is 1. The zero-order valence-electron chi connectivity index (χ0n) is 11.8. The minimum absolute atomic E-state index is 0.0237. The highest BCUT2D eigenvalue weighted by molar-refractivity contribution is 9.10. The fraction of sp³-hybridized carbons (Fsp3) is 0.357. The topological polar surface area (TPSA) is 68.1 Å². The zero-order chi connectivity index (χ0) is 15.4. The van der Waals surface area contributed by atoms with Crippen molar-refractivity contribution < 1.29 is 4.92 Å². The van der Waals surface area contributed by atoms with Crippen molar-refractivity contribution in [2.45, 2.75) is 32.7 Å². The number of thiophene rings is 1. The van der Waals surface area contributed by atoms with Gasteiger partial charge in [0.05, 0.1) is 15.4 Å². The second-order valence-corrected chi connectivity index (χ2v) is 6.46. The number of rotatable bonds is 6. The lowest BCUT2D eigenvalue weighted by Gasteiger charge is -2.18. The van der Waals surface area contributed by atoms with Crippen LogP contribution in [-0.2, 0) is 0 Å². The molecule has 0 aliphatic carbocycles. The first-order chi connectivity index (χ1) is 10.0. The van der Waals surface area contributed by atoms with E-state index in [0.717, 1.165) is 12.8 Å². The van der Waals surface area contributed by atoms with Gasteiger partial charge in [-0.1, -0.05) is 19.4 Å². The maximum absolute atomic E-state index is 10.9. The molecule has 2 heterocycles. The number of aromatic nitrogens is 1. The Hall–Kier alpha value is -1.47. The van der Waals surface area contributed by atoms with Crippen molar-refractivity contribution >= 4 is 38.8 Å². The lowest BCUT2D eigenvalue weighted by atomic mass is 10.1. The van der Waals surface area contributed by atoms with Crippen LogP contribution in [0.3, 0.4) is 0 Å². The van der Waals surface area contributed by atoms with Gasteiger partial charge in [0.25, 0.3) is 5.69 Å². The molecule has 0 aromatic carbocycles. The summed E-state index contributed by atoms with van der Waals surface area (Å²) in [6.07, 6.45) is 3.32. The van der Waals surface area contributed by atoms with Gasteiger partial charge in [0.1, 0.15) is 12.0 Å². The summed E-state index contributed by atoms with van der Waals surface area (Å²) in [6.45, 7) is 3.85. The highest BCUT2D eigenvalue weighted by Gasteiger charge is 2.20. The lowest BCUT2D eigenvalue weighted by molar-refractivity contribution is -0.385. The number of pyridine rings is 1. The van der Waals surface area contributed by atoms with Gasteiger partial charge in [-0.2, -0.15) is 0 Å². The molecule has 0 spiro atoms. The van der Waals surface area contributed by atoms with Crippen LogP contribution in [0.15, 0.2) is 28.2 Å². The van der Waals surface area contributed by atoms with Crippen LogP contribution >= 0.6 is 27.3 Å². The Labute approximate surface area is 135 Å². The number of nitro groups is 1. The van der Waals surface area contributed by atoms with Crippen molar-refractivity contribution in [1.29, 1.82) is 0 Å². The third kappa shape index (κ3) is 3.59. The fourth-order valence-corrected chi connectivity index (χ4v) is 3.32. The third-order valence-corrected chi connectivity index (χ3v) is 5.17. The fourth-order valence-electron chi connectivity index (χ4n) is 2.08. The average molecular weight is 370 g/mol. The quantitative estimate of drug-likeness (QED) is 0.569. The minimum Gasteiger partial charge on any atom is -0.362 e. The Balaban J connectivity index is 2.29. The predicted octanol–water partition coefficient (Wildman–Crippen LogP) is 5.08. The van der Waals surface area contributed by atoms with E-state index in [1.54, 1.807) is 18.3 Å². The van der Waals surface area contributed by atoms with Crippen LogP contribution in [0, 0.1) is 17.0 Å².